The summed E-state index contributed by atoms with van der Waals surface area (Å²) in [6, 6.07) is 2.32. The number of fused-ring (bicyclic) bond motifs is 1. The van der Waals surface area contributed by atoms with Gasteiger partial charge in [-0.2, -0.15) is 0 Å². The molecule has 3 nitrogen and oxygen atoms in total. The van der Waals surface area contributed by atoms with Crippen LogP contribution < -0.4 is 0 Å². The molecule has 0 radical (unpaired) electrons. The molecule has 0 saturated carbocycles. The third kappa shape index (κ3) is 2.90. The van der Waals surface area contributed by atoms with Crippen LogP contribution in [0.5, 0.6) is 0 Å². The number of ether oxygens (including phenoxy) is 1. The Labute approximate surface area is 124 Å². The highest BCUT2D eigenvalue weighted by Gasteiger charge is 2.40. The molecule has 0 bridgehead atoms. The number of hydrogen-bond acceptors (Lipinski definition) is 3. The standard InChI is InChI=1S/C17H32N2O/c1-13(2)17-12-18-8-4-5-16(18)11-19(17)14(3)15-6-9-20-10-7-15/h13-17H,4-12H2,1-3H3. The van der Waals surface area contributed by atoms with E-state index in [4.69, 9.17) is 4.74 Å². The van der Waals surface area contributed by atoms with Gasteiger partial charge in [0.05, 0.1) is 0 Å². The molecule has 3 heteroatoms. The van der Waals surface area contributed by atoms with E-state index in [0.29, 0.717) is 0 Å². The second-order valence-electron chi connectivity index (χ2n) is 7.49. The molecule has 20 heavy (non-hydrogen) atoms. The molecule has 0 aromatic carbocycles. The molecule has 0 aromatic rings. The number of nitrogens with zero attached hydrogens (tertiary/aromatic N) is 2. The molecule has 0 aromatic heterocycles. The highest BCUT2D eigenvalue weighted by Crippen LogP contribution is 2.32. The maximum Gasteiger partial charge on any atom is 0.0469 e. The molecule has 3 unspecified atom stereocenters. The van der Waals surface area contributed by atoms with Gasteiger partial charge >= 0.3 is 0 Å². The van der Waals surface area contributed by atoms with Gasteiger partial charge in [-0.15, -0.1) is 0 Å². The largest absolute Gasteiger partial charge is 0.381 e. The molecule has 3 atom stereocenters. The normalized spacial score (nSPS) is 35.4. The highest BCUT2D eigenvalue weighted by atomic mass is 16.5. The molecular formula is C17H32N2O. The smallest absolute Gasteiger partial charge is 0.0469 e. The van der Waals surface area contributed by atoms with Gasteiger partial charge in [0.2, 0.25) is 0 Å². The lowest BCUT2D eigenvalue weighted by molar-refractivity contribution is -0.0338. The molecule has 116 valence electrons. The average molecular weight is 280 g/mol. The lowest BCUT2D eigenvalue weighted by atomic mass is 9.87. The van der Waals surface area contributed by atoms with E-state index in [2.05, 4.69) is 30.6 Å². The van der Waals surface area contributed by atoms with Gasteiger partial charge in [-0.1, -0.05) is 13.8 Å². The first-order valence-corrected chi connectivity index (χ1v) is 8.74. The molecule has 0 N–H and O–H groups in total. The summed E-state index contributed by atoms with van der Waals surface area (Å²) in [5.41, 5.74) is 0. The predicted molar refractivity (Wildman–Crippen MR) is 82.9 cm³/mol. The fourth-order valence-electron chi connectivity index (χ4n) is 4.60. The first-order valence-electron chi connectivity index (χ1n) is 8.74. The SMILES string of the molecule is CC(C)C1CN2CCCC2CN1C(C)C1CCOCC1. The van der Waals surface area contributed by atoms with Crippen molar-refractivity contribution < 1.29 is 4.74 Å². The predicted octanol–water partition coefficient (Wildman–Crippen LogP) is 2.61. The fraction of sp³-hybridized carbons (Fsp3) is 1.00. The first kappa shape index (κ1) is 14.8. The maximum absolute atomic E-state index is 5.55. The minimum absolute atomic E-state index is 0.731. The Kier molecular flexibility index (Phi) is 4.68. The summed E-state index contributed by atoms with van der Waals surface area (Å²) in [6.45, 7) is 13.2. The van der Waals surface area contributed by atoms with Crippen LogP contribution in [0.3, 0.4) is 0 Å². The van der Waals surface area contributed by atoms with Gasteiger partial charge in [0, 0.05) is 44.4 Å². The van der Waals surface area contributed by atoms with Crippen LogP contribution in [0.2, 0.25) is 0 Å². The Morgan fingerprint density at radius 1 is 1.00 bits per heavy atom. The molecule has 3 fully saturated rings. The van der Waals surface area contributed by atoms with E-state index in [1.165, 1.54) is 45.3 Å². The van der Waals surface area contributed by atoms with Crippen molar-refractivity contribution in [2.75, 3.05) is 32.8 Å². The molecule has 0 amide bonds. The van der Waals surface area contributed by atoms with E-state index in [0.717, 1.165) is 43.2 Å². The van der Waals surface area contributed by atoms with Crippen molar-refractivity contribution in [3.8, 4) is 0 Å². The maximum atomic E-state index is 5.55. The van der Waals surface area contributed by atoms with E-state index in [9.17, 15) is 0 Å². The quantitative estimate of drug-likeness (QED) is 0.790. The summed E-state index contributed by atoms with van der Waals surface area (Å²) >= 11 is 0. The fourth-order valence-corrected chi connectivity index (χ4v) is 4.60. The highest BCUT2D eigenvalue weighted by molar-refractivity contribution is 4.96. The Balaban J connectivity index is 1.70. The Morgan fingerprint density at radius 3 is 2.45 bits per heavy atom. The molecule has 3 aliphatic rings. The summed E-state index contributed by atoms with van der Waals surface area (Å²) in [4.78, 5) is 5.63. The van der Waals surface area contributed by atoms with Crippen molar-refractivity contribution >= 4 is 0 Å². The summed E-state index contributed by atoms with van der Waals surface area (Å²) in [6.07, 6.45) is 5.35. The minimum atomic E-state index is 0.731. The van der Waals surface area contributed by atoms with Crippen LogP contribution in [0.25, 0.3) is 0 Å². The molecular weight excluding hydrogens is 248 g/mol. The van der Waals surface area contributed by atoms with Gasteiger partial charge in [-0.05, 0) is 51.0 Å². The molecule has 3 saturated heterocycles. The summed E-state index contributed by atoms with van der Waals surface area (Å²) in [7, 11) is 0. The molecule has 3 aliphatic heterocycles. The Hall–Kier alpha value is -0.120. The van der Waals surface area contributed by atoms with Gasteiger partial charge in [-0.25, -0.2) is 0 Å². The second kappa shape index (κ2) is 6.33. The van der Waals surface area contributed by atoms with Crippen LogP contribution in [0, 0.1) is 11.8 Å². The third-order valence-corrected chi connectivity index (χ3v) is 6.01. The zero-order valence-corrected chi connectivity index (χ0v) is 13.6. The Bertz CT molecular complexity index is 314. The number of hydrogen-bond donors (Lipinski definition) is 0. The van der Waals surface area contributed by atoms with Crippen LogP contribution >= 0.6 is 0 Å². The van der Waals surface area contributed by atoms with Crippen LogP contribution in [-0.2, 0) is 4.74 Å². The van der Waals surface area contributed by atoms with Crippen molar-refractivity contribution in [2.24, 2.45) is 11.8 Å². The molecule has 0 spiro atoms. The van der Waals surface area contributed by atoms with Crippen LogP contribution in [0.4, 0.5) is 0 Å². The van der Waals surface area contributed by atoms with Crippen LogP contribution in [-0.4, -0.2) is 60.8 Å². The lowest BCUT2D eigenvalue weighted by Crippen LogP contribution is -2.61. The van der Waals surface area contributed by atoms with E-state index in [-0.39, 0.29) is 0 Å². The van der Waals surface area contributed by atoms with Crippen molar-refractivity contribution in [3.05, 3.63) is 0 Å². The lowest BCUT2D eigenvalue weighted by Gasteiger charge is -2.50. The van der Waals surface area contributed by atoms with Crippen molar-refractivity contribution in [2.45, 2.75) is 64.6 Å². The first-order chi connectivity index (χ1) is 9.66. The molecule has 3 rings (SSSR count). The van der Waals surface area contributed by atoms with Gasteiger partial charge in [-0.3, -0.25) is 9.80 Å². The Morgan fingerprint density at radius 2 is 1.75 bits per heavy atom. The minimum Gasteiger partial charge on any atom is -0.381 e. The van der Waals surface area contributed by atoms with Crippen molar-refractivity contribution in [1.29, 1.82) is 0 Å². The summed E-state index contributed by atoms with van der Waals surface area (Å²) < 4.78 is 5.55. The average Bonchev–Trinajstić information content (AvgIpc) is 2.93. The number of rotatable bonds is 3. The third-order valence-electron chi connectivity index (χ3n) is 6.01. The van der Waals surface area contributed by atoms with Gasteiger partial charge < -0.3 is 4.74 Å². The summed E-state index contributed by atoms with van der Waals surface area (Å²) in [5.74, 6) is 1.61. The topological polar surface area (TPSA) is 15.7 Å². The zero-order valence-electron chi connectivity index (χ0n) is 13.6. The molecule has 3 heterocycles. The van der Waals surface area contributed by atoms with Crippen molar-refractivity contribution in [3.63, 3.8) is 0 Å². The molecule has 0 aliphatic carbocycles. The summed E-state index contributed by atoms with van der Waals surface area (Å²) in [5, 5.41) is 0. The van der Waals surface area contributed by atoms with E-state index >= 15 is 0 Å². The van der Waals surface area contributed by atoms with Gasteiger partial charge in [0.1, 0.15) is 0 Å². The second-order valence-corrected chi connectivity index (χ2v) is 7.49. The van der Waals surface area contributed by atoms with Crippen LogP contribution in [0.1, 0.15) is 46.5 Å². The van der Waals surface area contributed by atoms with Crippen LogP contribution in [0.15, 0.2) is 0 Å². The van der Waals surface area contributed by atoms with Crippen molar-refractivity contribution in [1.82, 2.24) is 9.80 Å². The number of piperazine rings is 1. The van der Waals surface area contributed by atoms with E-state index in [1.807, 2.05) is 0 Å². The van der Waals surface area contributed by atoms with Gasteiger partial charge in [0.15, 0.2) is 0 Å². The monoisotopic (exact) mass is 280 g/mol. The van der Waals surface area contributed by atoms with E-state index in [1.54, 1.807) is 0 Å². The van der Waals surface area contributed by atoms with Gasteiger partial charge in [0.25, 0.3) is 0 Å². The zero-order chi connectivity index (χ0) is 14.1. The van der Waals surface area contributed by atoms with E-state index < -0.39 is 0 Å².